The third-order valence-electron chi connectivity index (χ3n) is 9.39. The Bertz CT molecular complexity index is 944. The number of allylic oxidation sites excluding steroid dienone is 1. The average molecular weight is 547 g/mol. The van der Waals surface area contributed by atoms with Crippen molar-refractivity contribution in [2.24, 2.45) is 17.8 Å². The summed E-state index contributed by atoms with van der Waals surface area (Å²) in [6.45, 7) is 19.7. The molecule has 3 rings (SSSR count). The molecule has 0 aromatic rings. The summed E-state index contributed by atoms with van der Waals surface area (Å²) in [6, 6.07) is -1.52. The zero-order chi connectivity index (χ0) is 29.2. The molecule has 2 unspecified atom stereocenters. The van der Waals surface area contributed by atoms with Crippen LogP contribution in [0.1, 0.15) is 86.5 Å². The second kappa shape index (κ2) is 12.1. The SMILES string of the molecule is C=CCCCCOC(=O)[C@H]1[C@H]2C(=O)N([C@@H](CO)[C@@H](C)CC)C(C(=O)N(CC=C)C(C)(C)C)C23CC[C@]1(CC)O3. The van der Waals surface area contributed by atoms with Gasteiger partial charge in [0.15, 0.2) is 0 Å². The summed E-state index contributed by atoms with van der Waals surface area (Å²) in [5.74, 6) is -2.62. The Kier molecular flexibility index (Phi) is 9.75. The number of carbonyl (C=O) groups excluding carboxylic acids is 3. The van der Waals surface area contributed by atoms with Gasteiger partial charge in [0.1, 0.15) is 17.6 Å². The number of amides is 2. The Morgan fingerprint density at radius 3 is 2.46 bits per heavy atom. The molecule has 3 fully saturated rings. The molecule has 0 radical (unpaired) electrons. The Balaban J connectivity index is 2.10. The Hall–Kier alpha value is -2.19. The highest BCUT2D eigenvalue weighted by atomic mass is 16.6. The summed E-state index contributed by atoms with van der Waals surface area (Å²) in [7, 11) is 0. The molecule has 1 N–H and O–H groups in total. The van der Waals surface area contributed by atoms with E-state index in [9.17, 15) is 19.5 Å². The summed E-state index contributed by atoms with van der Waals surface area (Å²) in [4.78, 5) is 46.0. The van der Waals surface area contributed by atoms with Crippen LogP contribution in [0.5, 0.6) is 0 Å². The lowest BCUT2D eigenvalue weighted by Gasteiger charge is -2.44. The number of esters is 1. The summed E-state index contributed by atoms with van der Waals surface area (Å²) >= 11 is 0. The van der Waals surface area contributed by atoms with Crippen molar-refractivity contribution in [2.75, 3.05) is 19.8 Å². The van der Waals surface area contributed by atoms with Crippen molar-refractivity contribution in [1.82, 2.24) is 9.80 Å². The number of aliphatic hydroxyl groups excluding tert-OH is 1. The van der Waals surface area contributed by atoms with E-state index >= 15 is 0 Å². The summed E-state index contributed by atoms with van der Waals surface area (Å²) in [5.41, 5.74) is -2.54. The van der Waals surface area contributed by atoms with Gasteiger partial charge in [-0.15, -0.1) is 13.2 Å². The first-order valence-corrected chi connectivity index (χ1v) is 14.7. The molecule has 3 aliphatic heterocycles. The third-order valence-corrected chi connectivity index (χ3v) is 9.39. The molecule has 0 aromatic carbocycles. The minimum absolute atomic E-state index is 0.0560. The monoisotopic (exact) mass is 546 g/mol. The first-order valence-electron chi connectivity index (χ1n) is 14.7. The molecule has 3 heterocycles. The van der Waals surface area contributed by atoms with Gasteiger partial charge < -0.3 is 24.4 Å². The summed E-state index contributed by atoms with van der Waals surface area (Å²) in [5, 5.41) is 10.5. The van der Waals surface area contributed by atoms with E-state index in [1.807, 2.05) is 47.6 Å². The maximum atomic E-state index is 14.5. The number of ether oxygens (including phenoxy) is 2. The van der Waals surface area contributed by atoms with Crippen LogP contribution in [0, 0.1) is 17.8 Å². The molecule has 0 aromatic heterocycles. The summed E-state index contributed by atoms with van der Waals surface area (Å²) < 4.78 is 12.6. The first kappa shape index (κ1) is 31.3. The van der Waals surface area contributed by atoms with E-state index in [1.54, 1.807) is 15.9 Å². The van der Waals surface area contributed by atoms with Crippen molar-refractivity contribution < 1.29 is 29.0 Å². The number of hydrogen-bond acceptors (Lipinski definition) is 6. The molecular formula is C31H50N2O6. The van der Waals surface area contributed by atoms with Gasteiger partial charge in [-0.1, -0.05) is 39.3 Å². The third kappa shape index (κ3) is 5.31. The molecule has 3 aliphatic rings. The highest BCUT2D eigenvalue weighted by Gasteiger charge is 2.79. The number of aliphatic hydroxyl groups is 1. The van der Waals surface area contributed by atoms with Crippen molar-refractivity contribution in [2.45, 2.75) is 115 Å². The molecule has 220 valence electrons. The van der Waals surface area contributed by atoms with Gasteiger partial charge in [0, 0.05) is 12.1 Å². The lowest BCUT2D eigenvalue weighted by Crippen LogP contribution is -2.62. The van der Waals surface area contributed by atoms with Crippen LogP contribution >= 0.6 is 0 Å². The van der Waals surface area contributed by atoms with Crippen molar-refractivity contribution in [3.8, 4) is 0 Å². The van der Waals surface area contributed by atoms with Gasteiger partial charge in [-0.25, -0.2) is 0 Å². The quantitative estimate of drug-likeness (QED) is 0.199. The van der Waals surface area contributed by atoms with Gasteiger partial charge in [0.25, 0.3) is 0 Å². The van der Waals surface area contributed by atoms with Gasteiger partial charge in [-0.2, -0.15) is 0 Å². The maximum absolute atomic E-state index is 14.5. The Labute approximate surface area is 234 Å². The van der Waals surface area contributed by atoms with Gasteiger partial charge >= 0.3 is 5.97 Å². The van der Waals surface area contributed by atoms with Crippen LogP contribution in [-0.2, 0) is 23.9 Å². The van der Waals surface area contributed by atoms with Crippen LogP contribution in [0.4, 0.5) is 0 Å². The van der Waals surface area contributed by atoms with Crippen molar-refractivity contribution in [3.63, 3.8) is 0 Å². The zero-order valence-electron chi connectivity index (χ0n) is 24.9. The predicted octanol–water partition coefficient (Wildman–Crippen LogP) is 4.26. The van der Waals surface area contributed by atoms with Crippen LogP contribution in [-0.4, -0.2) is 81.3 Å². The number of hydrogen-bond donors (Lipinski definition) is 1. The van der Waals surface area contributed by atoms with Crippen LogP contribution < -0.4 is 0 Å². The average Bonchev–Trinajstić information content (AvgIpc) is 3.50. The van der Waals surface area contributed by atoms with E-state index in [0.29, 0.717) is 32.2 Å². The first-order chi connectivity index (χ1) is 18.4. The fraction of sp³-hybridized carbons (Fsp3) is 0.774. The smallest absolute Gasteiger partial charge is 0.312 e. The Morgan fingerprint density at radius 1 is 1.23 bits per heavy atom. The number of nitrogens with zero attached hydrogens (tertiary/aromatic N) is 2. The highest BCUT2D eigenvalue weighted by Crippen LogP contribution is 2.65. The standard InChI is InChI=1S/C31H50N2O6/c1-9-13-14-15-19-38-28(37)24-23-26(35)33(22(20-34)21(5)11-3)25(27(36)32(18-10-2)29(6,7)8)31(23)17-16-30(24,12-4)39-31/h9-10,21-25,34H,1-2,11-20H2,3-8H3/t21-,22-,23-,24+,25?,30-,31?/m0/s1. The number of unbranched alkanes of at least 4 members (excludes halogenated alkanes) is 2. The van der Waals surface area contributed by atoms with E-state index in [-0.39, 0.29) is 30.9 Å². The number of carbonyl (C=O) groups is 3. The van der Waals surface area contributed by atoms with Gasteiger partial charge in [0.05, 0.1) is 30.8 Å². The molecule has 1 spiro atoms. The van der Waals surface area contributed by atoms with Crippen molar-refractivity contribution >= 4 is 17.8 Å². The molecule has 3 saturated heterocycles. The van der Waals surface area contributed by atoms with Gasteiger partial charge in [0.2, 0.25) is 11.8 Å². The van der Waals surface area contributed by atoms with E-state index in [0.717, 1.165) is 19.3 Å². The topological polar surface area (TPSA) is 96.4 Å². The van der Waals surface area contributed by atoms with Gasteiger partial charge in [-0.05, 0) is 65.2 Å². The van der Waals surface area contributed by atoms with Crippen LogP contribution in [0.3, 0.4) is 0 Å². The zero-order valence-corrected chi connectivity index (χ0v) is 24.9. The molecule has 0 aliphatic carbocycles. The predicted molar refractivity (Wildman–Crippen MR) is 151 cm³/mol. The van der Waals surface area contributed by atoms with Crippen molar-refractivity contribution in [3.05, 3.63) is 25.3 Å². The van der Waals surface area contributed by atoms with E-state index in [2.05, 4.69) is 13.2 Å². The molecule has 8 heteroatoms. The molecule has 2 amide bonds. The number of fused-ring (bicyclic) bond motifs is 1. The lowest BCUT2D eigenvalue weighted by molar-refractivity contribution is -0.165. The molecule has 8 nitrogen and oxygen atoms in total. The van der Waals surface area contributed by atoms with Crippen LogP contribution in [0.25, 0.3) is 0 Å². The summed E-state index contributed by atoms with van der Waals surface area (Å²) in [6.07, 6.45) is 8.29. The van der Waals surface area contributed by atoms with Crippen molar-refractivity contribution in [1.29, 1.82) is 0 Å². The fourth-order valence-electron chi connectivity index (χ4n) is 7.09. The molecule has 39 heavy (non-hydrogen) atoms. The number of likely N-dealkylation sites (tertiary alicyclic amines) is 1. The van der Waals surface area contributed by atoms with E-state index in [4.69, 9.17) is 9.47 Å². The maximum Gasteiger partial charge on any atom is 0.312 e. The Morgan fingerprint density at radius 2 is 1.92 bits per heavy atom. The largest absolute Gasteiger partial charge is 0.465 e. The van der Waals surface area contributed by atoms with E-state index < -0.39 is 46.6 Å². The second-order valence-electron chi connectivity index (χ2n) is 12.6. The molecule has 2 bridgehead atoms. The molecule has 7 atom stereocenters. The van der Waals surface area contributed by atoms with Crippen LogP contribution in [0.2, 0.25) is 0 Å². The minimum atomic E-state index is -1.15. The van der Waals surface area contributed by atoms with Crippen LogP contribution in [0.15, 0.2) is 25.3 Å². The van der Waals surface area contributed by atoms with E-state index in [1.165, 1.54) is 0 Å². The number of rotatable bonds is 14. The lowest BCUT2D eigenvalue weighted by atomic mass is 9.65. The minimum Gasteiger partial charge on any atom is -0.465 e. The normalized spacial score (nSPS) is 31.1. The van der Waals surface area contributed by atoms with Gasteiger partial charge in [-0.3, -0.25) is 14.4 Å². The molecular weight excluding hydrogens is 496 g/mol. The highest BCUT2D eigenvalue weighted by molar-refractivity contribution is 5.99. The molecule has 0 saturated carbocycles. The second-order valence-corrected chi connectivity index (χ2v) is 12.6. The fourth-order valence-corrected chi connectivity index (χ4v) is 7.09.